The molecule has 0 saturated heterocycles. The smallest absolute Gasteiger partial charge is 0.169 e. The molecule has 0 atom stereocenters. The SMILES string of the molecule is N#CCCN[P]O. The van der Waals surface area contributed by atoms with Crippen LogP contribution in [0.25, 0.3) is 0 Å². The van der Waals surface area contributed by atoms with E-state index in [-0.39, 0.29) is 8.96 Å². The minimum atomic E-state index is 0.153. The highest BCUT2D eigenvalue weighted by Crippen LogP contribution is 1.89. The van der Waals surface area contributed by atoms with Gasteiger partial charge in [0.15, 0.2) is 8.96 Å². The molecule has 0 saturated carbocycles. The molecule has 0 aliphatic heterocycles. The Kier molecular flexibility index (Phi) is 5.71. The summed E-state index contributed by atoms with van der Waals surface area (Å²) in [5, 5.41) is 10.5. The third kappa shape index (κ3) is 5.84. The zero-order chi connectivity index (χ0) is 5.54. The van der Waals surface area contributed by atoms with Gasteiger partial charge in [0.05, 0.1) is 6.07 Å². The van der Waals surface area contributed by atoms with E-state index in [1.54, 1.807) is 0 Å². The summed E-state index contributed by atoms with van der Waals surface area (Å²) < 4.78 is 0. The third-order valence-corrected chi connectivity index (χ3v) is 0.784. The monoisotopic (exact) mass is 117 g/mol. The van der Waals surface area contributed by atoms with Crippen LogP contribution in [0.15, 0.2) is 0 Å². The van der Waals surface area contributed by atoms with Crippen LogP contribution in [0, 0.1) is 11.3 Å². The number of nitriles is 1. The maximum Gasteiger partial charge on any atom is 0.169 e. The first-order chi connectivity index (χ1) is 3.41. The van der Waals surface area contributed by atoms with Gasteiger partial charge in [0.1, 0.15) is 0 Å². The molecule has 0 aromatic rings. The van der Waals surface area contributed by atoms with Crippen LogP contribution in [0.3, 0.4) is 0 Å². The van der Waals surface area contributed by atoms with Gasteiger partial charge in [0.25, 0.3) is 0 Å². The molecule has 0 heterocycles. The minimum absolute atomic E-state index is 0.153. The Morgan fingerprint density at radius 1 is 1.86 bits per heavy atom. The molecule has 0 aliphatic rings. The highest BCUT2D eigenvalue weighted by molar-refractivity contribution is 7.28. The zero-order valence-electron chi connectivity index (χ0n) is 3.76. The molecule has 0 aromatic carbocycles. The Morgan fingerprint density at radius 2 is 2.57 bits per heavy atom. The van der Waals surface area contributed by atoms with E-state index in [0.29, 0.717) is 13.0 Å². The van der Waals surface area contributed by atoms with Crippen molar-refractivity contribution in [1.29, 1.82) is 5.26 Å². The fourth-order valence-corrected chi connectivity index (χ4v) is 0.374. The zero-order valence-corrected chi connectivity index (χ0v) is 4.65. The lowest BCUT2D eigenvalue weighted by molar-refractivity contribution is 0.629. The third-order valence-electron chi connectivity index (χ3n) is 0.419. The molecule has 0 unspecified atom stereocenters. The van der Waals surface area contributed by atoms with Crippen molar-refractivity contribution >= 4 is 8.96 Å². The number of nitrogens with one attached hydrogen (secondary N) is 1. The average molecular weight is 117 g/mol. The fourth-order valence-electron chi connectivity index (χ4n) is 0.162. The van der Waals surface area contributed by atoms with Crippen LogP contribution < -0.4 is 5.09 Å². The van der Waals surface area contributed by atoms with E-state index < -0.39 is 0 Å². The van der Waals surface area contributed by atoms with Crippen molar-refractivity contribution in [3.8, 4) is 6.07 Å². The van der Waals surface area contributed by atoms with E-state index in [2.05, 4.69) is 5.09 Å². The van der Waals surface area contributed by atoms with Crippen molar-refractivity contribution in [2.24, 2.45) is 0 Å². The fraction of sp³-hybridized carbons (Fsp3) is 0.667. The summed E-state index contributed by atoms with van der Waals surface area (Å²) in [5.41, 5.74) is 0. The van der Waals surface area contributed by atoms with Crippen molar-refractivity contribution in [3.05, 3.63) is 0 Å². The van der Waals surface area contributed by atoms with Crippen molar-refractivity contribution in [3.63, 3.8) is 0 Å². The molecule has 0 aromatic heterocycles. The quantitative estimate of drug-likeness (QED) is 0.411. The maximum absolute atomic E-state index is 8.04. The van der Waals surface area contributed by atoms with Gasteiger partial charge in [-0.15, -0.1) is 0 Å². The predicted molar refractivity (Wildman–Crippen MR) is 27.4 cm³/mol. The van der Waals surface area contributed by atoms with Crippen LogP contribution in [-0.2, 0) is 0 Å². The summed E-state index contributed by atoms with van der Waals surface area (Å²) in [6, 6.07) is 1.92. The van der Waals surface area contributed by atoms with Gasteiger partial charge < -0.3 is 4.89 Å². The molecule has 0 amide bonds. The summed E-state index contributed by atoms with van der Waals surface area (Å²) in [4.78, 5) is 8.04. The first-order valence-electron chi connectivity index (χ1n) is 1.85. The van der Waals surface area contributed by atoms with E-state index >= 15 is 0 Å². The molecular formula is C3H6N2OP. The van der Waals surface area contributed by atoms with Gasteiger partial charge in [-0.05, 0) is 0 Å². The summed E-state index contributed by atoms with van der Waals surface area (Å²) in [5.74, 6) is 0. The highest BCUT2D eigenvalue weighted by Gasteiger charge is 1.79. The van der Waals surface area contributed by atoms with Gasteiger partial charge >= 0.3 is 0 Å². The molecule has 3 nitrogen and oxygen atoms in total. The molecule has 39 valence electrons. The second-order valence-corrected chi connectivity index (χ2v) is 1.43. The molecule has 0 bridgehead atoms. The second-order valence-electron chi connectivity index (χ2n) is 0.916. The number of nitrogens with zero attached hydrogens (tertiary/aromatic N) is 1. The Morgan fingerprint density at radius 3 is 3.00 bits per heavy atom. The maximum atomic E-state index is 8.04. The van der Waals surface area contributed by atoms with Crippen LogP contribution in [0.2, 0.25) is 0 Å². The van der Waals surface area contributed by atoms with Crippen LogP contribution in [0.4, 0.5) is 0 Å². The van der Waals surface area contributed by atoms with Gasteiger partial charge in [0, 0.05) is 13.0 Å². The van der Waals surface area contributed by atoms with Crippen molar-refractivity contribution in [1.82, 2.24) is 5.09 Å². The lowest BCUT2D eigenvalue weighted by atomic mass is 10.5. The van der Waals surface area contributed by atoms with Gasteiger partial charge in [-0.3, -0.25) is 5.09 Å². The predicted octanol–water partition coefficient (Wildman–Crippen LogP) is 0.258. The standard InChI is InChI=1S/C3H6N2OP/c4-2-1-3-5-7-6/h5-6H,1,3H2. The van der Waals surface area contributed by atoms with E-state index in [9.17, 15) is 0 Å². The Labute approximate surface area is 44.3 Å². The van der Waals surface area contributed by atoms with E-state index in [1.807, 2.05) is 6.07 Å². The van der Waals surface area contributed by atoms with Crippen LogP contribution in [0.1, 0.15) is 6.42 Å². The lowest BCUT2D eigenvalue weighted by Crippen LogP contribution is -2.00. The first-order valence-corrected chi connectivity index (χ1v) is 2.70. The molecule has 2 N–H and O–H groups in total. The second kappa shape index (κ2) is 5.84. The lowest BCUT2D eigenvalue weighted by Gasteiger charge is -1.87. The van der Waals surface area contributed by atoms with Crippen LogP contribution in [-0.4, -0.2) is 11.4 Å². The molecule has 0 rings (SSSR count). The molecule has 1 radical (unpaired) electrons. The Balaban J connectivity index is 2.60. The van der Waals surface area contributed by atoms with E-state index in [4.69, 9.17) is 10.2 Å². The van der Waals surface area contributed by atoms with Crippen molar-refractivity contribution < 1.29 is 4.89 Å². The summed E-state index contributed by atoms with van der Waals surface area (Å²) in [6.07, 6.45) is 0.452. The van der Waals surface area contributed by atoms with Crippen molar-refractivity contribution in [2.45, 2.75) is 6.42 Å². The highest BCUT2D eigenvalue weighted by atomic mass is 31.1. The first kappa shape index (κ1) is 6.84. The van der Waals surface area contributed by atoms with Crippen LogP contribution >= 0.6 is 8.96 Å². The number of hydrogen-bond donors (Lipinski definition) is 2. The number of rotatable bonds is 3. The summed E-state index contributed by atoms with van der Waals surface area (Å²) >= 11 is 0. The van der Waals surface area contributed by atoms with Gasteiger partial charge in [-0.2, -0.15) is 5.26 Å². The number of hydrogen-bond acceptors (Lipinski definition) is 3. The van der Waals surface area contributed by atoms with Gasteiger partial charge in [0.2, 0.25) is 0 Å². The summed E-state index contributed by atoms with van der Waals surface area (Å²) in [6.45, 7) is 0.564. The molecule has 7 heavy (non-hydrogen) atoms. The molecule has 0 fully saturated rings. The van der Waals surface area contributed by atoms with E-state index in [0.717, 1.165) is 0 Å². The summed E-state index contributed by atoms with van der Waals surface area (Å²) in [7, 11) is 0.153. The topological polar surface area (TPSA) is 56.0 Å². The van der Waals surface area contributed by atoms with Crippen LogP contribution in [0.5, 0.6) is 0 Å². The molecule has 0 spiro atoms. The molecule has 0 aliphatic carbocycles. The van der Waals surface area contributed by atoms with Crippen molar-refractivity contribution in [2.75, 3.05) is 6.54 Å². The molecular weight excluding hydrogens is 111 g/mol. The Bertz CT molecular complexity index is 69.8. The van der Waals surface area contributed by atoms with Gasteiger partial charge in [-0.1, -0.05) is 0 Å². The normalized spacial score (nSPS) is 9.71. The van der Waals surface area contributed by atoms with Gasteiger partial charge in [-0.25, -0.2) is 0 Å². The average Bonchev–Trinajstić information content (AvgIpc) is 1.69. The largest absolute Gasteiger partial charge is 0.353 e. The Hall–Kier alpha value is -0.160. The molecule has 4 heteroatoms. The van der Waals surface area contributed by atoms with E-state index in [1.165, 1.54) is 0 Å². The minimum Gasteiger partial charge on any atom is -0.353 e.